The Kier molecular flexibility index (Phi) is 5.97. The van der Waals surface area contributed by atoms with E-state index in [1.54, 1.807) is 23.9 Å². The molecule has 0 fully saturated rings. The van der Waals surface area contributed by atoms with Gasteiger partial charge in [0.05, 0.1) is 0 Å². The van der Waals surface area contributed by atoms with Crippen molar-refractivity contribution in [3.05, 3.63) is 59.2 Å². The summed E-state index contributed by atoms with van der Waals surface area (Å²) >= 11 is 2.98. The molecular weight excluding hydrogens is 418 g/mol. The van der Waals surface area contributed by atoms with Gasteiger partial charge < -0.3 is 9.47 Å². The highest BCUT2D eigenvalue weighted by Gasteiger charge is 2.32. The number of hydrogen-bond acceptors (Lipinski definition) is 7. The highest BCUT2D eigenvalue weighted by Crippen LogP contribution is 2.42. The van der Waals surface area contributed by atoms with Crippen molar-refractivity contribution in [1.29, 1.82) is 0 Å². The second kappa shape index (κ2) is 8.65. The van der Waals surface area contributed by atoms with Crippen LogP contribution < -0.4 is 14.8 Å². The molecular formula is C22H23N3O3S2. The minimum Gasteiger partial charge on any atom is -0.485 e. The van der Waals surface area contributed by atoms with Crippen LogP contribution in [-0.2, 0) is 13.0 Å². The summed E-state index contributed by atoms with van der Waals surface area (Å²) in [5, 5.41) is 11.3. The lowest BCUT2D eigenvalue weighted by Gasteiger charge is -2.18. The van der Waals surface area contributed by atoms with Gasteiger partial charge in [-0.3, -0.25) is 10.1 Å². The van der Waals surface area contributed by atoms with E-state index in [4.69, 9.17) is 9.47 Å². The topological polar surface area (TPSA) is 73.3 Å². The van der Waals surface area contributed by atoms with Crippen molar-refractivity contribution in [2.45, 2.75) is 43.7 Å². The average molecular weight is 442 g/mol. The van der Waals surface area contributed by atoms with E-state index in [-0.39, 0.29) is 11.5 Å². The standard InChI is InChI=1S/C22H23N3O3S2/c1-4-29-21-25-24-20(30-21)23-19(26)15-10-8-14(9-11-15)13-27-17-7-5-6-16-12-22(2,3)28-18(16)17/h5-11H,4,12-13H2,1-3H3,(H,23,24,26). The first-order chi connectivity index (χ1) is 14.4. The normalized spacial score (nSPS) is 14.1. The third-order valence-electron chi connectivity index (χ3n) is 4.56. The Labute approximate surface area is 184 Å². The van der Waals surface area contributed by atoms with E-state index in [2.05, 4.69) is 42.4 Å². The molecule has 8 heteroatoms. The minimum atomic E-state index is -0.209. The molecule has 0 spiro atoms. The number of para-hydroxylation sites is 1. The molecule has 0 atom stereocenters. The monoisotopic (exact) mass is 441 g/mol. The lowest BCUT2D eigenvalue weighted by Crippen LogP contribution is -2.24. The van der Waals surface area contributed by atoms with Gasteiger partial charge in [0, 0.05) is 17.5 Å². The Morgan fingerprint density at radius 1 is 1.23 bits per heavy atom. The third kappa shape index (κ3) is 4.76. The number of benzene rings is 2. The van der Waals surface area contributed by atoms with Crippen LogP contribution in [0.15, 0.2) is 46.8 Å². The zero-order chi connectivity index (χ0) is 21.1. The molecule has 1 aromatic heterocycles. The number of thioether (sulfide) groups is 1. The predicted octanol–water partition coefficient (Wildman–Crippen LogP) is 5.19. The van der Waals surface area contributed by atoms with Gasteiger partial charge in [0.15, 0.2) is 15.8 Å². The molecule has 0 radical (unpaired) electrons. The summed E-state index contributed by atoms with van der Waals surface area (Å²) in [5.41, 5.74) is 2.49. The lowest BCUT2D eigenvalue weighted by molar-refractivity contribution is 0.102. The highest BCUT2D eigenvalue weighted by molar-refractivity contribution is 8.01. The Balaban J connectivity index is 1.36. The van der Waals surface area contributed by atoms with E-state index < -0.39 is 0 Å². The number of amides is 1. The number of fused-ring (bicyclic) bond motifs is 1. The van der Waals surface area contributed by atoms with Crippen LogP contribution in [0.4, 0.5) is 5.13 Å². The van der Waals surface area contributed by atoms with Crippen LogP contribution in [0.25, 0.3) is 0 Å². The molecule has 0 saturated heterocycles. The van der Waals surface area contributed by atoms with Crippen LogP contribution in [0.5, 0.6) is 11.5 Å². The first-order valence-corrected chi connectivity index (χ1v) is 11.5. The number of ether oxygens (including phenoxy) is 2. The van der Waals surface area contributed by atoms with E-state index in [9.17, 15) is 4.79 Å². The largest absolute Gasteiger partial charge is 0.485 e. The number of nitrogens with one attached hydrogen (secondary N) is 1. The van der Waals surface area contributed by atoms with Crippen molar-refractivity contribution in [3.8, 4) is 11.5 Å². The number of anilines is 1. The number of aromatic nitrogens is 2. The molecule has 1 N–H and O–H groups in total. The number of carbonyl (C=O) groups excluding carboxylic acids is 1. The van der Waals surface area contributed by atoms with Crippen molar-refractivity contribution >= 4 is 34.1 Å². The molecule has 2 heterocycles. The molecule has 1 aliphatic heterocycles. The van der Waals surface area contributed by atoms with Gasteiger partial charge in [-0.1, -0.05) is 54.3 Å². The molecule has 0 unspecified atom stereocenters. The van der Waals surface area contributed by atoms with E-state index in [0.29, 0.717) is 17.3 Å². The number of rotatable bonds is 7. The van der Waals surface area contributed by atoms with Crippen LogP contribution in [0.1, 0.15) is 42.3 Å². The summed E-state index contributed by atoms with van der Waals surface area (Å²) in [5.74, 6) is 2.29. The van der Waals surface area contributed by atoms with Crippen molar-refractivity contribution in [2.75, 3.05) is 11.1 Å². The fourth-order valence-corrected chi connectivity index (χ4v) is 4.87. The third-order valence-corrected chi connectivity index (χ3v) is 6.41. The summed E-state index contributed by atoms with van der Waals surface area (Å²) in [6.45, 7) is 6.60. The number of hydrogen-bond donors (Lipinski definition) is 1. The maximum atomic E-state index is 12.4. The van der Waals surface area contributed by atoms with E-state index >= 15 is 0 Å². The first-order valence-electron chi connectivity index (χ1n) is 9.74. The zero-order valence-corrected chi connectivity index (χ0v) is 18.7. The highest BCUT2D eigenvalue weighted by atomic mass is 32.2. The number of carbonyl (C=O) groups is 1. The van der Waals surface area contributed by atoms with Crippen LogP contribution >= 0.6 is 23.1 Å². The lowest BCUT2D eigenvalue weighted by atomic mass is 10.0. The summed E-state index contributed by atoms with van der Waals surface area (Å²) in [4.78, 5) is 12.4. The Hall–Kier alpha value is -2.58. The molecule has 0 bridgehead atoms. The van der Waals surface area contributed by atoms with Crippen molar-refractivity contribution in [2.24, 2.45) is 0 Å². The SMILES string of the molecule is CCSc1nnc(NC(=O)c2ccc(COc3cccc4c3OC(C)(C)C4)cc2)s1. The van der Waals surface area contributed by atoms with Gasteiger partial charge in [0.2, 0.25) is 5.13 Å². The molecule has 1 aliphatic rings. The van der Waals surface area contributed by atoms with Gasteiger partial charge in [0.1, 0.15) is 12.2 Å². The van der Waals surface area contributed by atoms with Crippen molar-refractivity contribution in [3.63, 3.8) is 0 Å². The summed E-state index contributed by atoms with van der Waals surface area (Å²) in [6, 6.07) is 13.3. The molecule has 0 aliphatic carbocycles. The molecule has 156 valence electrons. The predicted molar refractivity (Wildman–Crippen MR) is 120 cm³/mol. The van der Waals surface area contributed by atoms with E-state index in [1.165, 1.54) is 16.9 Å². The van der Waals surface area contributed by atoms with Gasteiger partial charge in [-0.2, -0.15) is 0 Å². The van der Waals surface area contributed by atoms with Gasteiger partial charge in [0.25, 0.3) is 5.91 Å². The molecule has 3 aromatic rings. The van der Waals surface area contributed by atoms with Crippen LogP contribution in [0.2, 0.25) is 0 Å². The summed E-state index contributed by atoms with van der Waals surface area (Å²) < 4.78 is 12.9. The Bertz CT molecular complexity index is 1050. The minimum absolute atomic E-state index is 0.205. The zero-order valence-electron chi connectivity index (χ0n) is 17.1. The number of nitrogens with zero attached hydrogens (tertiary/aromatic N) is 2. The van der Waals surface area contributed by atoms with Crippen molar-refractivity contribution < 1.29 is 14.3 Å². The first kappa shape index (κ1) is 20.7. The van der Waals surface area contributed by atoms with Crippen molar-refractivity contribution in [1.82, 2.24) is 10.2 Å². The maximum Gasteiger partial charge on any atom is 0.257 e. The quantitative estimate of drug-likeness (QED) is 0.402. The summed E-state index contributed by atoms with van der Waals surface area (Å²) in [7, 11) is 0. The van der Waals surface area contributed by atoms with E-state index in [1.807, 2.05) is 24.3 Å². The van der Waals surface area contributed by atoms with Gasteiger partial charge in [-0.15, -0.1) is 10.2 Å². The average Bonchev–Trinajstić information content (AvgIpc) is 3.29. The molecule has 4 rings (SSSR count). The van der Waals surface area contributed by atoms with Gasteiger partial charge in [-0.05, 0) is 43.4 Å². The molecule has 30 heavy (non-hydrogen) atoms. The van der Waals surface area contributed by atoms with Crippen LogP contribution in [0, 0.1) is 0 Å². The molecule has 2 aromatic carbocycles. The summed E-state index contributed by atoms with van der Waals surface area (Å²) in [6.07, 6.45) is 0.872. The molecule has 6 nitrogen and oxygen atoms in total. The fourth-order valence-electron chi connectivity index (χ4n) is 3.23. The smallest absolute Gasteiger partial charge is 0.257 e. The second-order valence-corrected chi connectivity index (χ2v) is 10.0. The van der Waals surface area contributed by atoms with Crippen LogP contribution in [0.3, 0.4) is 0 Å². The van der Waals surface area contributed by atoms with Gasteiger partial charge in [-0.25, -0.2) is 0 Å². The Morgan fingerprint density at radius 3 is 2.80 bits per heavy atom. The molecule has 1 amide bonds. The Morgan fingerprint density at radius 2 is 2.03 bits per heavy atom. The molecule has 0 saturated carbocycles. The maximum absolute atomic E-state index is 12.4. The second-order valence-electron chi connectivity index (χ2n) is 7.53. The van der Waals surface area contributed by atoms with Crippen LogP contribution in [-0.4, -0.2) is 27.5 Å². The van der Waals surface area contributed by atoms with Gasteiger partial charge >= 0.3 is 0 Å². The fraction of sp³-hybridized carbons (Fsp3) is 0.318. The van der Waals surface area contributed by atoms with E-state index in [0.717, 1.165) is 33.6 Å².